The van der Waals surface area contributed by atoms with E-state index in [1.165, 1.54) is 5.56 Å². The van der Waals surface area contributed by atoms with E-state index in [1.807, 2.05) is 30.3 Å². The minimum Gasteiger partial charge on any atom is -0.367 e. The van der Waals surface area contributed by atoms with Gasteiger partial charge in [0.1, 0.15) is 0 Å². The van der Waals surface area contributed by atoms with Crippen molar-refractivity contribution in [3.8, 4) is 0 Å². The van der Waals surface area contributed by atoms with Gasteiger partial charge in [0.15, 0.2) is 9.84 Å². The van der Waals surface area contributed by atoms with Gasteiger partial charge in [-0.25, -0.2) is 8.42 Å². The van der Waals surface area contributed by atoms with Crippen molar-refractivity contribution in [1.29, 1.82) is 0 Å². The Morgan fingerprint density at radius 1 is 0.970 bits per heavy atom. The van der Waals surface area contributed by atoms with Gasteiger partial charge in [-0.2, -0.15) is 0 Å². The summed E-state index contributed by atoms with van der Waals surface area (Å²) >= 11 is 6.10. The summed E-state index contributed by atoms with van der Waals surface area (Å²) in [5.41, 5.74) is 4.29. The second-order valence-electron chi connectivity index (χ2n) is 8.71. The second-order valence-corrected chi connectivity index (χ2v) is 11.3. The number of halogens is 1. The molecule has 0 saturated carbocycles. The Balaban J connectivity index is 1.20. The van der Waals surface area contributed by atoms with Crippen LogP contribution >= 0.6 is 11.6 Å². The van der Waals surface area contributed by atoms with Crippen LogP contribution in [0.5, 0.6) is 0 Å². The summed E-state index contributed by atoms with van der Waals surface area (Å²) in [5.74, 6) is -0.258. The number of carbonyl (C=O) groups is 1. The summed E-state index contributed by atoms with van der Waals surface area (Å²) in [6.45, 7) is 2.50. The molecule has 33 heavy (non-hydrogen) atoms. The Kier molecular flexibility index (Phi) is 6.01. The van der Waals surface area contributed by atoms with Gasteiger partial charge in [0, 0.05) is 54.9 Å². The van der Waals surface area contributed by atoms with Crippen LogP contribution in [0, 0.1) is 0 Å². The van der Waals surface area contributed by atoms with Crippen LogP contribution in [0.3, 0.4) is 0 Å². The van der Waals surface area contributed by atoms with Crippen LogP contribution < -0.4 is 4.90 Å². The molecular formula is C25H26ClN3O3S. The van der Waals surface area contributed by atoms with E-state index in [4.69, 9.17) is 11.6 Å². The fraction of sp³-hybridized carbons (Fsp3) is 0.360. The van der Waals surface area contributed by atoms with Crippen LogP contribution in [0.15, 0.2) is 53.6 Å². The number of aryl methyl sites for hydroxylation is 2. The number of amides is 1. The fourth-order valence-electron chi connectivity index (χ4n) is 4.82. The van der Waals surface area contributed by atoms with Crippen molar-refractivity contribution in [3.63, 3.8) is 0 Å². The molecule has 0 bridgehead atoms. The molecule has 0 unspecified atom stereocenters. The third kappa shape index (κ3) is 4.57. The number of rotatable bonds is 5. The average Bonchev–Trinajstić information content (AvgIpc) is 3.30. The predicted octanol–water partition coefficient (Wildman–Crippen LogP) is 3.89. The van der Waals surface area contributed by atoms with Crippen LogP contribution in [-0.2, 0) is 27.5 Å². The first kappa shape index (κ1) is 22.2. The van der Waals surface area contributed by atoms with Crippen molar-refractivity contribution in [2.75, 3.05) is 36.8 Å². The van der Waals surface area contributed by atoms with E-state index in [-0.39, 0.29) is 18.1 Å². The molecule has 1 aliphatic carbocycles. The molecule has 1 aromatic heterocycles. The van der Waals surface area contributed by atoms with Crippen molar-refractivity contribution < 1.29 is 13.2 Å². The normalized spacial score (nSPS) is 16.3. The zero-order chi connectivity index (χ0) is 23.0. The quantitative estimate of drug-likeness (QED) is 0.550. The highest BCUT2D eigenvalue weighted by atomic mass is 35.5. The first-order chi connectivity index (χ1) is 15.9. The van der Waals surface area contributed by atoms with Gasteiger partial charge in [0.2, 0.25) is 5.91 Å². The van der Waals surface area contributed by atoms with Crippen LogP contribution in [0.2, 0.25) is 5.02 Å². The van der Waals surface area contributed by atoms with Crippen molar-refractivity contribution >= 4 is 43.9 Å². The lowest BCUT2D eigenvalue weighted by atomic mass is 10.1. The summed E-state index contributed by atoms with van der Waals surface area (Å²) in [7, 11) is -3.47. The number of hydrogen-bond acceptors (Lipinski definition) is 5. The molecule has 1 amide bonds. The molecule has 5 rings (SSSR count). The van der Waals surface area contributed by atoms with Gasteiger partial charge in [-0.3, -0.25) is 9.78 Å². The van der Waals surface area contributed by atoms with Gasteiger partial charge in [0.25, 0.3) is 0 Å². The van der Waals surface area contributed by atoms with E-state index in [9.17, 15) is 13.2 Å². The molecule has 3 aromatic rings. The van der Waals surface area contributed by atoms with Crippen LogP contribution in [0.4, 0.5) is 5.69 Å². The van der Waals surface area contributed by atoms with Gasteiger partial charge in [-0.15, -0.1) is 0 Å². The third-order valence-electron chi connectivity index (χ3n) is 6.67. The lowest BCUT2D eigenvalue weighted by Gasteiger charge is -2.36. The number of nitrogens with zero attached hydrogens (tertiary/aromatic N) is 3. The number of fused-ring (bicyclic) bond motifs is 2. The molecule has 2 aromatic carbocycles. The Bertz CT molecular complexity index is 1320. The Morgan fingerprint density at radius 3 is 2.58 bits per heavy atom. The number of pyridine rings is 1. The summed E-state index contributed by atoms with van der Waals surface area (Å²) in [4.78, 5) is 21.5. The number of sulfone groups is 1. The van der Waals surface area contributed by atoms with Crippen molar-refractivity contribution in [2.24, 2.45) is 0 Å². The maximum Gasteiger partial charge on any atom is 0.223 e. The SMILES string of the molecule is O=C(CCS(=O)(=O)c1ccc2c(c1)CCC2)N1CCN(c2ccnc3cc(Cl)ccc23)CC1. The summed E-state index contributed by atoms with van der Waals surface area (Å²) in [5, 5.41) is 1.68. The maximum absolute atomic E-state index is 12.8. The van der Waals surface area contributed by atoms with E-state index in [2.05, 4.69) is 9.88 Å². The Labute approximate surface area is 199 Å². The molecule has 2 heterocycles. The molecular weight excluding hydrogens is 458 g/mol. The average molecular weight is 484 g/mol. The molecule has 0 N–H and O–H groups in total. The van der Waals surface area contributed by atoms with Crippen LogP contribution in [0.25, 0.3) is 10.9 Å². The fourth-order valence-corrected chi connectivity index (χ4v) is 6.26. The first-order valence-electron chi connectivity index (χ1n) is 11.3. The van der Waals surface area contributed by atoms with E-state index < -0.39 is 9.84 Å². The zero-order valence-electron chi connectivity index (χ0n) is 18.3. The van der Waals surface area contributed by atoms with Gasteiger partial charge >= 0.3 is 0 Å². The Morgan fingerprint density at radius 2 is 1.76 bits per heavy atom. The van der Waals surface area contributed by atoms with E-state index in [1.54, 1.807) is 23.2 Å². The topological polar surface area (TPSA) is 70.6 Å². The van der Waals surface area contributed by atoms with E-state index >= 15 is 0 Å². The second kappa shape index (κ2) is 8.95. The van der Waals surface area contributed by atoms with Crippen LogP contribution in [-0.4, -0.2) is 56.1 Å². The van der Waals surface area contributed by atoms with Gasteiger partial charge in [-0.1, -0.05) is 17.7 Å². The molecule has 1 fully saturated rings. The predicted molar refractivity (Wildman–Crippen MR) is 131 cm³/mol. The van der Waals surface area contributed by atoms with Crippen molar-refractivity contribution in [2.45, 2.75) is 30.6 Å². The van der Waals surface area contributed by atoms with Gasteiger partial charge in [-0.05, 0) is 66.8 Å². The number of aromatic nitrogens is 1. The van der Waals surface area contributed by atoms with E-state index in [0.717, 1.165) is 41.4 Å². The van der Waals surface area contributed by atoms with E-state index in [0.29, 0.717) is 36.1 Å². The number of piperazine rings is 1. The molecule has 0 atom stereocenters. The lowest BCUT2D eigenvalue weighted by Crippen LogP contribution is -2.49. The van der Waals surface area contributed by atoms with Crippen molar-refractivity contribution in [1.82, 2.24) is 9.88 Å². The molecule has 0 spiro atoms. The molecule has 6 nitrogen and oxygen atoms in total. The summed E-state index contributed by atoms with van der Waals surface area (Å²) in [6, 6.07) is 13.1. The molecule has 0 radical (unpaired) electrons. The Hall–Kier alpha value is -2.64. The van der Waals surface area contributed by atoms with Crippen molar-refractivity contribution in [3.05, 3.63) is 64.8 Å². The van der Waals surface area contributed by atoms with Crippen LogP contribution in [0.1, 0.15) is 24.0 Å². The summed E-state index contributed by atoms with van der Waals surface area (Å²) < 4.78 is 25.6. The first-order valence-corrected chi connectivity index (χ1v) is 13.4. The number of hydrogen-bond donors (Lipinski definition) is 0. The molecule has 1 saturated heterocycles. The monoisotopic (exact) mass is 483 g/mol. The number of carbonyl (C=O) groups excluding carboxylic acids is 1. The highest BCUT2D eigenvalue weighted by molar-refractivity contribution is 7.91. The molecule has 8 heteroatoms. The molecule has 172 valence electrons. The minimum atomic E-state index is -3.47. The third-order valence-corrected chi connectivity index (χ3v) is 8.62. The smallest absolute Gasteiger partial charge is 0.223 e. The lowest BCUT2D eigenvalue weighted by molar-refractivity contribution is -0.131. The van der Waals surface area contributed by atoms with Gasteiger partial charge in [0.05, 0.1) is 16.2 Å². The molecule has 1 aliphatic heterocycles. The standard InChI is InChI=1S/C25H26ClN3O3S/c26-20-5-7-22-23(17-20)27-10-8-24(22)28-11-13-29(14-12-28)25(30)9-15-33(31,32)21-6-4-18-2-1-3-19(18)16-21/h4-8,10,16-17H,1-3,9,11-15H2. The highest BCUT2D eigenvalue weighted by Crippen LogP contribution is 2.29. The highest BCUT2D eigenvalue weighted by Gasteiger charge is 2.25. The minimum absolute atomic E-state index is 0.0100. The zero-order valence-corrected chi connectivity index (χ0v) is 19.9. The van der Waals surface area contributed by atoms with Gasteiger partial charge < -0.3 is 9.80 Å². The molecule has 2 aliphatic rings. The number of benzene rings is 2. The maximum atomic E-state index is 12.8. The summed E-state index contributed by atoms with van der Waals surface area (Å²) in [6.07, 6.45) is 4.81. The largest absolute Gasteiger partial charge is 0.367 e. The number of anilines is 1.